The molecule has 2 heterocycles. The Morgan fingerprint density at radius 1 is 1.26 bits per heavy atom. The van der Waals surface area contributed by atoms with Crippen LogP contribution in [-0.4, -0.2) is 38.4 Å². The number of amides is 1. The number of primary amides is 1. The summed E-state index contributed by atoms with van der Waals surface area (Å²) in [5, 5.41) is 18.2. The van der Waals surface area contributed by atoms with Gasteiger partial charge in [-0.2, -0.15) is 5.10 Å². The molecular formula is C24H30N4O3. The van der Waals surface area contributed by atoms with Crippen LogP contribution in [-0.2, 0) is 0 Å². The highest BCUT2D eigenvalue weighted by atomic mass is 16.5. The first-order valence-corrected chi connectivity index (χ1v) is 10.8. The smallest absolute Gasteiger partial charge is 0.252 e. The Labute approximate surface area is 182 Å². The number of anilines is 1. The molecule has 31 heavy (non-hydrogen) atoms. The van der Waals surface area contributed by atoms with Gasteiger partial charge in [-0.1, -0.05) is 12.1 Å². The van der Waals surface area contributed by atoms with E-state index in [1.807, 2.05) is 57.3 Å². The lowest BCUT2D eigenvalue weighted by atomic mass is 9.83. The van der Waals surface area contributed by atoms with Gasteiger partial charge in [-0.05, 0) is 70.2 Å². The molecule has 2 aromatic heterocycles. The van der Waals surface area contributed by atoms with Crippen molar-refractivity contribution in [1.29, 1.82) is 0 Å². The normalized spacial score (nSPS) is 21.4. The van der Waals surface area contributed by atoms with Crippen LogP contribution in [0.1, 0.15) is 56.8 Å². The molecule has 0 bridgehead atoms. The summed E-state index contributed by atoms with van der Waals surface area (Å²) in [6.45, 7) is 5.87. The Balaban J connectivity index is 1.67. The first-order valence-electron chi connectivity index (χ1n) is 10.8. The number of aliphatic hydroxyl groups is 1. The van der Waals surface area contributed by atoms with Crippen molar-refractivity contribution < 1.29 is 14.6 Å². The number of ether oxygens (including phenoxy) is 1. The third kappa shape index (κ3) is 4.66. The Morgan fingerprint density at radius 3 is 2.55 bits per heavy atom. The second-order valence-corrected chi connectivity index (χ2v) is 8.96. The molecule has 1 fully saturated rings. The third-order valence-electron chi connectivity index (χ3n) is 5.87. The van der Waals surface area contributed by atoms with Gasteiger partial charge in [0.05, 0.1) is 34.7 Å². The zero-order valence-electron chi connectivity index (χ0n) is 18.3. The number of carbonyl (C=O) groups is 1. The van der Waals surface area contributed by atoms with E-state index in [9.17, 15) is 9.90 Å². The van der Waals surface area contributed by atoms with E-state index in [0.29, 0.717) is 11.3 Å². The van der Waals surface area contributed by atoms with Gasteiger partial charge in [0.1, 0.15) is 5.75 Å². The molecule has 0 saturated heterocycles. The lowest BCUT2D eigenvalue weighted by Gasteiger charge is -2.34. The number of benzene rings is 1. The van der Waals surface area contributed by atoms with E-state index in [1.54, 1.807) is 4.52 Å². The van der Waals surface area contributed by atoms with E-state index in [2.05, 4.69) is 10.4 Å². The Bertz CT molecular complexity index is 1080. The number of aromatic nitrogens is 2. The van der Waals surface area contributed by atoms with Crippen LogP contribution in [0.15, 0.2) is 42.7 Å². The van der Waals surface area contributed by atoms with Crippen molar-refractivity contribution in [2.75, 3.05) is 5.32 Å². The molecule has 164 valence electrons. The molecule has 7 nitrogen and oxygen atoms in total. The Kier molecular flexibility index (Phi) is 5.62. The average molecular weight is 423 g/mol. The highest BCUT2D eigenvalue weighted by Crippen LogP contribution is 2.33. The van der Waals surface area contributed by atoms with Crippen molar-refractivity contribution in [2.24, 2.45) is 5.73 Å². The molecule has 3 aromatic rings. The van der Waals surface area contributed by atoms with Crippen molar-refractivity contribution >= 4 is 17.1 Å². The van der Waals surface area contributed by atoms with Crippen LogP contribution in [0.4, 0.5) is 5.69 Å². The molecule has 1 aliphatic carbocycles. The molecule has 0 aliphatic heterocycles. The minimum atomic E-state index is -0.619. The number of hydrogen-bond donors (Lipinski definition) is 3. The van der Waals surface area contributed by atoms with Crippen molar-refractivity contribution in [1.82, 2.24) is 9.61 Å². The second kappa shape index (κ2) is 8.23. The van der Waals surface area contributed by atoms with Gasteiger partial charge in [0.15, 0.2) is 0 Å². The predicted octanol–water partition coefficient (Wildman–Crippen LogP) is 3.99. The average Bonchev–Trinajstić information content (AvgIpc) is 3.14. The van der Waals surface area contributed by atoms with Gasteiger partial charge in [-0.25, -0.2) is 4.52 Å². The van der Waals surface area contributed by atoms with Gasteiger partial charge >= 0.3 is 0 Å². The lowest BCUT2D eigenvalue weighted by Crippen LogP contribution is -2.36. The van der Waals surface area contributed by atoms with Gasteiger partial charge in [0, 0.05) is 17.8 Å². The third-order valence-corrected chi connectivity index (χ3v) is 5.87. The number of carbonyl (C=O) groups excluding carboxylic acids is 1. The molecule has 1 saturated carbocycles. The zero-order valence-corrected chi connectivity index (χ0v) is 18.3. The Hall–Kier alpha value is -3.06. The monoisotopic (exact) mass is 422 g/mol. The first kappa shape index (κ1) is 21.2. The number of rotatable bonds is 6. The first-order chi connectivity index (χ1) is 14.7. The minimum Gasteiger partial charge on any atom is -0.491 e. The van der Waals surface area contributed by atoms with Gasteiger partial charge < -0.3 is 20.9 Å². The molecule has 0 spiro atoms. The van der Waals surface area contributed by atoms with Crippen molar-refractivity contribution in [2.45, 2.75) is 64.2 Å². The Morgan fingerprint density at radius 2 is 1.94 bits per heavy atom. The lowest BCUT2D eigenvalue weighted by molar-refractivity contribution is 0.0196. The van der Waals surface area contributed by atoms with Crippen LogP contribution in [0.2, 0.25) is 0 Å². The van der Waals surface area contributed by atoms with Crippen molar-refractivity contribution in [3.05, 3.63) is 48.3 Å². The van der Waals surface area contributed by atoms with Crippen LogP contribution in [0.25, 0.3) is 16.6 Å². The van der Waals surface area contributed by atoms with Gasteiger partial charge in [0.2, 0.25) is 0 Å². The van der Waals surface area contributed by atoms with Gasteiger partial charge in [-0.3, -0.25) is 4.79 Å². The van der Waals surface area contributed by atoms with Crippen molar-refractivity contribution in [3.8, 4) is 16.9 Å². The summed E-state index contributed by atoms with van der Waals surface area (Å²) in [5.74, 6) is 0.311. The summed E-state index contributed by atoms with van der Waals surface area (Å²) >= 11 is 0. The molecule has 0 atom stereocenters. The number of nitrogens with one attached hydrogen (secondary N) is 1. The molecule has 1 amide bonds. The molecule has 1 aromatic carbocycles. The summed E-state index contributed by atoms with van der Waals surface area (Å²) in [6, 6.07) is 10.1. The van der Waals surface area contributed by atoms with Crippen LogP contribution in [0.3, 0.4) is 0 Å². The van der Waals surface area contributed by atoms with E-state index in [-0.39, 0.29) is 12.1 Å². The molecule has 0 unspecified atom stereocenters. The number of hydrogen-bond acceptors (Lipinski definition) is 5. The van der Waals surface area contributed by atoms with E-state index >= 15 is 0 Å². The maximum Gasteiger partial charge on any atom is 0.252 e. The van der Waals surface area contributed by atoms with Crippen LogP contribution < -0.4 is 15.8 Å². The van der Waals surface area contributed by atoms with E-state index < -0.39 is 11.5 Å². The fraction of sp³-hybridized carbons (Fsp3) is 0.417. The second-order valence-electron chi connectivity index (χ2n) is 8.96. The number of nitrogens with zero attached hydrogens (tertiary/aromatic N) is 2. The number of nitrogens with two attached hydrogens (primary N) is 1. The van der Waals surface area contributed by atoms with E-state index in [0.717, 1.165) is 48.1 Å². The minimum absolute atomic E-state index is 0.122. The maximum atomic E-state index is 12.1. The molecular weight excluding hydrogens is 392 g/mol. The van der Waals surface area contributed by atoms with Gasteiger partial charge in [-0.15, -0.1) is 0 Å². The van der Waals surface area contributed by atoms with Crippen LogP contribution in [0.5, 0.6) is 5.75 Å². The highest BCUT2D eigenvalue weighted by Gasteiger charge is 2.29. The van der Waals surface area contributed by atoms with Gasteiger partial charge in [0.25, 0.3) is 5.91 Å². The predicted molar refractivity (Wildman–Crippen MR) is 121 cm³/mol. The zero-order chi connectivity index (χ0) is 22.2. The summed E-state index contributed by atoms with van der Waals surface area (Å²) in [5.41, 5.74) is 8.90. The van der Waals surface area contributed by atoms with E-state index in [4.69, 9.17) is 10.5 Å². The standard InChI is InChI=1S/C24H30N4O3/c1-15(2)31-19-6-4-16(5-7-19)17-12-21-22(20(23(25)29)13-26-28(21)14-17)27-18-8-10-24(3,30)11-9-18/h4-7,12-15,18,27,30H,8-11H2,1-3H3,(H2,25,29). The molecule has 1 aliphatic rings. The molecule has 4 N–H and O–H groups in total. The largest absolute Gasteiger partial charge is 0.491 e. The maximum absolute atomic E-state index is 12.1. The highest BCUT2D eigenvalue weighted by molar-refractivity contribution is 6.02. The van der Waals surface area contributed by atoms with E-state index in [1.165, 1.54) is 6.20 Å². The fourth-order valence-electron chi connectivity index (χ4n) is 4.14. The molecule has 4 rings (SSSR count). The quantitative estimate of drug-likeness (QED) is 0.557. The van der Waals surface area contributed by atoms with Crippen LogP contribution in [0, 0.1) is 0 Å². The van der Waals surface area contributed by atoms with Crippen LogP contribution >= 0.6 is 0 Å². The topological polar surface area (TPSA) is 102 Å². The van der Waals surface area contributed by atoms with Crippen molar-refractivity contribution in [3.63, 3.8) is 0 Å². The summed E-state index contributed by atoms with van der Waals surface area (Å²) in [7, 11) is 0. The summed E-state index contributed by atoms with van der Waals surface area (Å²) in [6.07, 6.45) is 6.66. The summed E-state index contributed by atoms with van der Waals surface area (Å²) in [4.78, 5) is 12.1. The SMILES string of the molecule is CC(C)Oc1ccc(-c2cc3c(NC4CCC(C)(O)CC4)c(C(N)=O)cnn3c2)cc1. The molecule has 0 radical (unpaired) electrons. The number of fused-ring (bicyclic) bond motifs is 1. The fourth-order valence-corrected chi connectivity index (χ4v) is 4.14. The summed E-state index contributed by atoms with van der Waals surface area (Å²) < 4.78 is 7.49. The molecule has 7 heteroatoms.